The van der Waals surface area contributed by atoms with Crippen LogP contribution in [0.5, 0.6) is 0 Å². The Hall–Kier alpha value is -0.740. The minimum absolute atomic E-state index is 0.0394. The third-order valence-corrected chi connectivity index (χ3v) is 3.49. The van der Waals surface area contributed by atoms with E-state index in [1.54, 1.807) is 6.07 Å². The standard InChI is InChI=1S/C13H17BrFNO/c1-8(2)13(16)7-11(17)6-9-5-10(15)3-4-12(9)14/h3-5,8,13H,6-7,16H2,1-2H3. The molecule has 0 radical (unpaired) electrons. The zero-order valence-electron chi connectivity index (χ0n) is 10.0. The van der Waals surface area contributed by atoms with Gasteiger partial charge in [0.05, 0.1) is 0 Å². The van der Waals surface area contributed by atoms with E-state index in [9.17, 15) is 9.18 Å². The van der Waals surface area contributed by atoms with Crippen molar-refractivity contribution in [1.29, 1.82) is 0 Å². The maximum atomic E-state index is 13.0. The number of carbonyl (C=O) groups excluding carboxylic acids is 1. The first-order valence-electron chi connectivity index (χ1n) is 5.61. The molecule has 0 saturated heterocycles. The summed E-state index contributed by atoms with van der Waals surface area (Å²) in [4.78, 5) is 11.8. The summed E-state index contributed by atoms with van der Waals surface area (Å²) in [5.41, 5.74) is 6.50. The molecule has 1 atom stereocenters. The first-order valence-corrected chi connectivity index (χ1v) is 6.40. The van der Waals surface area contributed by atoms with Gasteiger partial charge in [-0.3, -0.25) is 4.79 Å². The van der Waals surface area contributed by atoms with E-state index < -0.39 is 0 Å². The number of hydrogen-bond donors (Lipinski definition) is 1. The SMILES string of the molecule is CC(C)C(N)CC(=O)Cc1cc(F)ccc1Br. The molecular formula is C13H17BrFNO. The largest absolute Gasteiger partial charge is 0.327 e. The van der Waals surface area contributed by atoms with Crippen LogP contribution < -0.4 is 5.73 Å². The second kappa shape index (κ2) is 6.26. The van der Waals surface area contributed by atoms with E-state index in [1.807, 2.05) is 13.8 Å². The van der Waals surface area contributed by atoms with Crippen LogP contribution in [0.25, 0.3) is 0 Å². The summed E-state index contributed by atoms with van der Waals surface area (Å²) in [7, 11) is 0. The highest BCUT2D eigenvalue weighted by molar-refractivity contribution is 9.10. The van der Waals surface area contributed by atoms with Crippen LogP contribution in [0.3, 0.4) is 0 Å². The van der Waals surface area contributed by atoms with Crippen LogP contribution in [0.2, 0.25) is 0 Å². The summed E-state index contributed by atoms with van der Waals surface area (Å²) in [6.07, 6.45) is 0.555. The molecule has 1 aromatic rings. The van der Waals surface area contributed by atoms with Crippen molar-refractivity contribution < 1.29 is 9.18 Å². The molecule has 0 aliphatic heterocycles. The van der Waals surface area contributed by atoms with Gasteiger partial charge in [0.25, 0.3) is 0 Å². The minimum Gasteiger partial charge on any atom is -0.327 e. The van der Waals surface area contributed by atoms with E-state index in [0.717, 1.165) is 4.47 Å². The number of nitrogens with two attached hydrogens (primary N) is 1. The number of hydrogen-bond acceptors (Lipinski definition) is 2. The summed E-state index contributed by atoms with van der Waals surface area (Å²) in [6.45, 7) is 3.96. The molecular weight excluding hydrogens is 285 g/mol. The Balaban J connectivity index is 2.65. The monoisotopic (exact) mass is 301 g/mol. The van der Waals surface area contributed by atoms with Crippen LogP contribution in [0, 0.1) is 11.7 Å². The van der Waals surface area contributed by atoms with Crippen molar-refractivity contribution in [3.8, 4) is 0 Å². The average Bonchev–Trinajstić information content (AvgIpc) is 2.23. The zero-order valence-corrected chi connectivity index (χ0v) is 11.6. The highest BCUT2D eigenvalue weighted by atomic mass is 79.9. The third kappa shape index (κ3) is 4.56. The van der Waals surface area contributed by atoms with Gasteiger partial charge in [0.1, 0.15) is 11.6 Å². The Kier molecular flexibility index (Phi) is 5.28. The van der Waals surface area contributed by atoms with Crippen molar-refractivity contribution in [2.75, 3.05) is 0 Å². The van der Waals surface area contributed by atoms with E-state index in [0.29, 0.717) is 12.0 Å². The molecule has 1 rings (SSSR count). The minimum atomic E-state index is -0.329. The molecule has 0 aliphatic rings. The number of carbonyl (C=O) groups is 1. The molecule has 2 N–H and O–H groups in total. The van der Waals surface area contributed by atoms with E-state index in [1.165, 1.54) is 12.1 Å². The molecule has 0 saturated carbocycles. The maximum Gasteiger partial charge on any atom is 0.138 e. The van der Waals surface area contributed by atoms with Gasteiger partial charge >= 0.3 is 0 Å². The molecule has 2 nitrogen and oxygen atoms in total. The van der Waals surface area contributed by atoms with Gasteiger partial charge in [0.2, 0.25) is 0 Å². The van der Waals surface area contributed by atoms with Crippen molar-refractivity contribution in [2.45, 2.75) is 32.7 Å². The van der Waals surface area contributed by atoms with Crippen LogP contribution >= 0.6 is 15.9 Å². The second-order valence-corrected chi connectivity index (χ2v) is 5.42. The van der Waals surface area contributed by atoms with Crippen molar-refractivity contribution in [3.05, 3.63) is 34.1 Å². The molecule has 4 heteroatoms. The number of ketones is 1. The Morgan fingerprint density at radius 1 is 1.47 bits per heavy atom. The van der Waals surface area contributed by atoms with Crippen molar-refractivity contribution in [1.82, 2.24) is 0 Å². The summed E-state index contributed by atoms with van der Waals surface area (Å²) in [6, 6.07) is 4.22. The number of Topliss-reactive ketones (excluding diaryl/α,β-unsaturated/α-hetero) is 1. The Morgan fingerprint density at radius 2 is 2.12 bits per heavy atom. The molecule has 0 aromatic heterocycles. The van der Waals surface area contributed by atoms with Crippen LogP contribution in [0.4, 0.5) is 4.39 Å². The number of benzene rings is 1. The lowest BCUT2D eigenvalue weighted by Crippen LogP contribution is -2.29. The Labute approximate surface area is 110 Å². The topological polar surface area (TPSA) is 43.1 Å². The van der Waals surface area contributed by atoms with Gasteiger partial charge in [0, 0.05) is 23.4 Å². The highest BCUT2D eigenvalue weighted by Crippen LogP contribution is 2.19. The van der Waals surface area contributed by atoms with Crippen LogP contribution in [0.1, 0.15) is 25.8 Å². The molecule has 0 heterocycles. The van der Waals surface area contributed by atoms with E-state index >= 15 is 0 Å². The van der Waals surface area contributed by atoms with Gasteiger partial charge in [-0.05, 0) is 29.7 Å². The van der Waals surface area contributed by atoms with Crippen LogP contribution in [0.15, 0.2) is 22.7 Å². The number of rotatable bonds is 5. The average molecular weight is 302 g/mol. The van der Waals surface area contributed by atoms with Crippen LogP contribution in [-0.4, -0.2) is 11.8 Å². The lowest BCUT2D eigenvalue weighted by Gasteiger charge is -2.14. The molecule has 0 amide bonds. The molecule has 94 valence electrons. The van der Waals surface area contributed by atoms with Gasteiger partial charge in [-0.25, -0.2) is 4.39 Å². The normalized spacial score (nSPS) is 12.8. The highest BCUT2D eigenvalue weighted by Gasteiger charge is 2.14. The van der Waals surface area contributed by atoms with E-state index in [2.05, 4.69) is 15.9 Å². The van der Waals surface area contributed by atoms with Gasteiger partial charge in [0.15, 0.2) is 0 Å². The lowest BCUT2D eigenvalue weighted by molar-refractivity contribution is -0.118. The summed E-state index contributed by atoms with van der Waals surface area (Å²) >= 11 is 3.30. The van der Waals surface area contributed by atoms with Gasteiger partial charge < -0.3 is 5.73 Å². The molecule has 17 heavy (non-hydrogen) atoms. The predicted octanol–water partition coefficient (Wildman–Crippen LogP) is 3.07. The van der Waals surface area contributed by atoms with Crippen LogP contribution in [-0.2, 0) is 11.2 Å². The summed E-state index contributed by atoms with van der Waals surface area (Å²) < 4.78 is 13.8. The molecule has 0 fully saturated rings. The van der Waals surface area contributed by atoms with Crippen molar-refractivity contribution in [2.24, 2.45) is 11.7 Å². The fraction of sp³-hybridized carbons (Fsp3) is 0.462. The smallest absolute Gasteiger partial charge is 0.138 e. The fourth-order valence-corrected chi connectivity index (χ4v) is 1.85. The lowest BCUT2D eigenvalue weighted by atomic mass is 9.97. The molecule has 0 aliphatic carbocycles. The molecule has 0 spiro atoms. The summed E-state index contributed by atoms with van der Waals surface area (Å²) in [5.74, 6) is -0.0171. The number of halogens is 2. The first-order chi connectivity index (χ1) is 7.90. The quantitative estimate of drug-likeness (QED) is 0.908. The Bertz CT molecular complexity index is 406. The zero-order chi connectivity index (χ0) is 13.0. The predicted molar refractivity (Wildman–Crippen MR) is 70.2 cm³/mol. The van der Waals surface area contributed by atoms with Crippen molar-refractivity contribution in [3.63, 3.8) is 0 Å². The maximum absolute atomic E-state index is 13.0. The Morgan fingerprint density at radius 3 is 2.71 bits per heavy atom. The second-order valence-electron chi connectivity index (χ2n) is 4.56. The van der Waals surface area contributed by atoms with E-state index in [-0.39, 0.29) is 30.0 Å². The van der Waals surface area contributed by atoms with Gasteiger partial charge in [-0.2, -0.15) is 0 Å². The first kappa shape index (κ1) is 14.3. The van der Waals surface area contributed by atoms with Crippen molar-refractivity contribution >= 4 is 21.7 Å². The molecule has 1 aromatic carbocycles. The fourth-order valence-electron chi connectivity index (χ4n) is 1.46. The molecule has 1 unspecified atom stereocenters. The molecule has 0 bridgehead atoms. The van der Waals surface area contributed by atoms with Gasteiger partial charge in [-0.15, -0.1) is 0 Å². The van der Waals surface area contributed by atoms with Gasteiger partial charge in [-0.1, -0.05) is 29.8 Å². The third-order valence-electron chi connectivity index (χ3n) is 2.72. The summed E-state index contributed by atoms with van der Waals surface area (Å²) in [5, 5.41) is 0. The van der Waals surface area contributed by atoms with E-state index in [4.69, 9.17) is 5.73 Å².